The number of ether oxygens (including phenoxy) is 1. The Bertz CT molecular complexity index is 586. The maximum atomic E-state index is 12.8. The van der Waals surface area contributed by atoms with Crippen LogP contribution in [0.3, 0.4) is 0 Å². The zero-order chi connectivity index (χ0) is 14.9. The summed E-state index contributed by atoms with van der Waals surface area (Å²) in [6, 6.07) is 4.66. The highest BCUT2D eigenvalue weighted by atomic mass is 32.2. The number of anilines is 1. The molecular weight excluding hydrogens is 276 g/mol. The normalized spacial score (nSPS) is 24.6. The second-order valence-electron chi connectivity index (χ2n) is 5.39. The smallest absolute Gasteiger partial charge is 0.247 e. The lowest BCUT2D eigenvalue weighted by Gasteiger charge is -2.37. The van der Waals surface area contributed by atoms with Gasteiger partial charge in [0.2, 0.25) is 10.0 Å². The Hall–Kier alpha value is -1.27. The highest BCUT2D eigenvalue weighted by Gasteiger charge is 2.36. The molecule has 6 heteroatoms. The zero-order valence-electron chi connectivity index (χ0n) is 12.2. The molecule has 112 valence electrons. The molecule has 5 nitrogen and oxygen atoms in total. The Kier molecular flexibility index (Phi) is 4.25. The number of nitrogen functional groups attached to an aromatic ring is 1. The van der Waals surface area contributed by atoms with Crippen LogP contribution in [0.2, 0.25) is 0 Å². The molecule has 1 fully saturated rings. The average Bonchev–Trinajstić information content (AvgIpc) is 2.41. The van der Waals surface area contributed by atoms with Gasteiger partial charge in [-0.05, 0) is 37.8 Å². The van der Waals surface area contributed by atoms with Crippen LogP contribution < -0.4 is 10.5 Å². The quantitative estimate of drug-likeness (QED) is 0.867. The van der Waals surface area contributed by atoms with Crippen LogP contribution in [0.1, 0.15) is 26.7 Å². The van der Waals surface area contributed by atoms with Gasteiger partial charge in [-0.3, -0.25) is 0 Å². The summed E-state index contributed by atoms with van der Waals surface area (Å²) >= 11 is 0. The molecule has 20 heavy (non-hydrogen) atoms. The van der Waals surface area contributed by atoms with Crippen LogP contribution >= 0.6 is 0 Å². The van der Waals surface area contributed by atoms with E-state index in [-0.39, 0.29) is 10.9 Å². The van der Waals surface area contributed by atoms with Crippen molar-refractivity contribution >= 4 is 15.7 Å². The van der Waals surface area contributed by atoms with E-state index in [1.807, 2.05) is 6.92 Å². The van der Waals surface area contributed by atoms with Gasteiger partial charge < -0.3 is 10.5 Å². The zero-order valence-corrected chi connectivity index (χ0v) is 13.0. The van der Waals surface area contributed by atoms with Gasteiger partial charge in [-0.25, -0.2) is 8.42 Å². The molecule has 1 aliphatic heterocycles. The fourth-order valence-corrected chi connectivity index (χ4v) is 4.56. The SMILES string of the molecule is COc1cc(N)ccc1S(=O)(=O)N1CCCC(C)C1C. The van der Waals surface area contributed by atoms with Crippen LogP contribution in [-0.2, 0) is 10.0 Å². The van der Waals surface area contributed by atoms with Crippen LogP contribution in [0.5, 0.6) is 5.75 Å². The van der Waals surface area contributed by atoms with E-state index in [2.05, 4.69) is 6.92 Å². The van der Waals surface area contributed by atoms with Gasteiger partial charge in [-0.2, -0.15) is 4.31 Å². The lowest BCUT2D eigenvalue weighted by Crippen LogP contribution is -2.45. The Balaban J connectivity index is 2.44. The van der Waals surface area contributed by atoms with Gasteiger partial charge >= 0.3 is 0 Å². The average molecular weight is 298 g/mol. The minimum absolute atomic E-state index is 0.00370. The number of hydrogen-bond donors (Lipinski definition) is 1. The Morgan fingerprint density at radius 2 is 2.05 bits per heavy atom. The van der Waals surface area contributed by atoms with Crippen molar-refractivity contribution in [2.45, 2.75) is 37.6 Å². The highest BCUT2D eigenvalue weighted by molar-refractivity contribution is 7.89. The molecule has 1 heterocycles. The first kappa shape index (κ1) is 15.1. The van der Waals surface area contributed by atoms with Crippen LogP contribution in [-0.4, -0.2) is 32.4 Å². The Labute approximate surface area is 120 Å². The molecule has 2 rings (SSSR count). The molecule has 0 amide bonds. The molecule has 0 saturated carbocycles. The third-order valence-electron chi connectivity index (χ3n) is 4.09. The number of nitrogens with two attached hydrogens (primary N) is 1. The van der Waals surface area contributed by atoms with Gasteiger partial charge in [0.15, 0.2) is 0 Å². The number of benzene rings is 1. The third-order valence-corrected chi connectivity index (χ3v) is 6.12. The minimum atomic E-state index is -3.55. The van der Waals surface area contributed by atoms with Gasteiger partial charge in [0, 0.05) is 24.3 Å². The second kappa shape index (κ2) is 5.61. The summed E-state index contributed by atoms with van der Waals surface area (Å²) in [6.07, 6.45) is 1.95. The van der Waals surface area contributed by atoms with Gasteiger partial charge in [0.25, 0.3) is 0 Å². The largest absolute Gasteiger partial charge is 0.495 e. The fourth-order valence-electron chi connectivity index (χ4n) is 2.66. The number of methoxy groups -OCH3 is 1. The van der Waals surface area contributed by atoms with Crippen molar-refractivity contribution in [3.63, 3.8) is 0 Å². The first-order valence-corrected chi connectivity index (χ1v) is 8.27. The molecular formula is C14H22N2O3S. The maximum Gasteiger partial charge on any atom is 0.247 e. The first-order chi connectivity index (χ1) is 9.37. The van der Waals surface area contributed by atoms with Crippen LogP contribution in [0.25, 0.3) is 0 Å². The minimum Gasteiger partial charge on any atom is -0.495 e. The molecule has 0 radical (unpaired) electrons. The predicted molar refractivity (Wildman–Crippen MR) is 79.2 cm³/mol. The van der Waals surface area contributed by atoms with E-state index < -0.39 is 10.0 Å². The van der Waals surface area contributed by atoms with E-state index in [9.17, 15) is 8.42 Å². The summed E-state index contributed by atoms with van der Waals surface area (Å²) in [5, 5.41) is 0. The summed E-state index contributed by atoms with van der Waals surface area (Å²) in [5.74, 6) is 0.661. The van der Waals surface area contributed by atoms with Crippen molar-refractivity contribution in [1.82, 2.24) is 4.31 Å². The molecule has 2 unspecified atom stereocenters. The lowest BCUT2D eigenvalue weighted by atomic mass is 9.94. The molecule has 1 aliphatic rings. The number of hydrogen-bond acceptors (Lipinski definition) is 4. The second-order valence-corrected chi connectivity index (χ2v) is 7.25. The molecule has 0 aliphatic carbocycles. The van der Waals surface area contributed by atoms with E-state index >= 15 is 0 Å². The van der Waals surface area contributed by atoms with Crippen molar-refractivity contribution < 1.29 is 13.2 Å². The molecule has 1 aromatic rings. The summed E-state index contributed by atoms with van der Waals surface area (Å²) in [5.41, 5.74) is 6.17. The number of rotatable bonds is 3. The number of sulfonamides is 1. The molecule has 1 saturated heterocycles. The van der Waals surface area contributed by atoms with Gasteiger partial charge in [0.05, 0.1) is 7.11 Å². The van der Waals surface area contributed by atoms with Crippen molar-refractivity contribution in [1.29, 1.82) is 0 Å². The Morgan fingerprint density at radius 3 is 2.70 bits per heavy atom. The molecule has 0 spiro atoms. The standard InChI is InChI=1S/C14H22N2O3S/c1-10-5-4-8-16(11(10)2)20(17,18)14-7-6-12(15)9-13(14)19-3/h6-7,9-11H,4-5,8,15H2,1-3H3. The summed E-state index contributed by atoms with van der Waals surface area (Å²) in [7, 11) is -2.10. The molecule has 1 aromatic carbocycles. The van der Waals surface area contributed by atoms with Gasteiger partial charge in [0.1, 0.15) is 10.6 Å². The Morgan fingerprint density at radius 1 is 1.35 bits per heavy atom. The van der Waals surface area contributed by atoms with Crippen molar-refractivity contribution in [3.8, 4) is 5.75 Å². The van der Waals surface area contributed by atoms with Crippen LogP contribution in [0.15, 0.2) is 23.1 Å². The topological polar surface area (TPSA) is 72.6 Å². The van der Waals surface area contributed by atoms with Crippen LogP contribution in [0.4, 0.5) is 5.69 Å². The molecule has 2 atom stereocenters. The van der Waals surface area contributed by atoms with E-state index in [0.717, 1.165) is 12.8 Å². The number of nitrogens with zero attached hydrogens (tertiary/aromatic N) is 1. The summed E-state index contributed by atoms with van der Waals surface area (Å²) in [6.45, 7) is 4.61. The molecule has 0 bridgehead atoms. The van der Waals surface area contributed by atoms with Crippen molar-refractivity contribution in [2.24, 2.45) is 5.92 Å². The monoisotopic (exact) mass is 298 g/mol. The number of piperidine rings is 1. The maximum absolute atomic E-state index is 12.8. The van der Waals surface area contributed by atoms with E-state index in [0.29, 0.717) is 23.9 Å². The van der Waals surface area contributed by atoms with Gasteiger partial charge in [-0.15, -0.1) is 0 Å². The van der Waals surface area contributed by atoms with E-state index in [4.69, 9.17) is 10.5 Å². The predicted octanol–water partition coefficient (Wildman–Crippen LogP) is 2.09. The summed E-state index contributed by atoms with van der Waals surface area (Å²) in [4.78, 5) is 0.190. The highest BCUT2D eigenvalue weighted by Crippen LogP contribution is 2.33. The molecule has 0 aromatic heterocycles. The molecule has 2 N–H and O–H groups in total. The summed E-state index contributed by atoms with van der Waals surface area (Å²) < 4.78 is 32.4. The first-order valence-electron chi connectivity index (χ1n) is 6.83. The van der Waals surface area contributed by atoms with E-state index in [1.165, 1.54) is 13.2 Å². The fraction of sp³-hybridized carbons (Fsp3) is 0.571. The van der Waals surface area contributed by atoms with Gasteiger partial charge in [-0.1, -0.05) is 6.92 Å². The van der Waals surface area contributed by atoms with Crippen molar-refractivity contribution in [3.05, 3.63) is 18.2 Å². The lowest BCUT2D eigenvalue weighted by molar-refractivity contribution is 0.202. The third kappa shape index (κ3) is 2.62. The van der Waals surface area contributed by atoms with E-state index in [1.54, 1.807) is 16.4 Å². The van der Waals surface area contributed by atoms with Crippen molar-refractivity contribution in [2.75, 3.05) is 19.4 Å². The van der Waals surface area contributed by atoms with Crippen LogP contribution in [0, 0.1) is 5.92 Å².